The standard InChI is InChI=1S/C20H30FN3O2.HI/c1-22-19(23-11-5-12-25-14-16-6-4-13-26-16)24-15-20(9-10-20)17-7-2-3-8-18(17)21;/h2-3,7-8,16H,4-6,9-15H2,1H3,(H2,22,23,24);1H. The first kappa shape index (κ1) is 22.4. The lowest BCUT2D eigenvalue weighted by Gasteiger charge is -2.19. The lowest BCUT2D eigenvalue weighted by Crippen LogP contribution is -2.42. The minimum absolute atomic E-state index is 0. The number of rotatable bonds is 9. The average Bonchev–Trinajstić information content (AvgIpc) is 3.26. The molecule has 0 spiro atoms. The first-order chi connectivity index (χ1) is 12.7. The van der Waals surface area contributed by atoms with Crippen LogP contribution in [0.15, 0.2) is 29.3 Å². The maximum atomic E-state index is 14.1. The van der Waals surface area contributed by atoms with E-state index in [1.54, 1.807) is 19.2 Å². The van der Waals surface area contributed by atoms with E-state index < -0.39 is 0 Å². The molecule has 1 aromatic rings. The minimum atomic E-state index is -0.113. The van der Waals surface area contributed by atoms with Crippen LogP contribution in [-0.4, -0.2) is 52.0 Å². The predicted molar refractivity (Wildman–Crippen MR) is 117 cm³/mol. The molecule has 3 rings (SSSR count). The van der Waals surface area contributed by atoms with Gasteiger partial charge in [0.2, 0.25) is 0 Å². The maximum absolute atomic E-state index is 14.1. The largest absolute Gasteiger partial charge is 0.379 e. The summed E-state index contributed by atoms with van der Waals surface area (Å²) < 4.78 is 25.3. The van der Waals surface area contributed by atoms with Crippen molar-refractivity contribution in [2.24, 2.45) is 4.99 Å². The molecule has 0 aromatic heterocycles. The summed E-state index contributed by atoms with van der Waals surface area (Å²) in [6.45, 7) is 3.76. The van der Waals surface area contributed by atoms with Crippen LogP contribution in [0, 0.1) is 5.82 Å². The molecular formula is C20H31FIN3O2. The molecule has 27 heavy (non-hydrogen) atoms. The Morgan fingerprint density at radius 1 is 1.33 bits per heavy atom. The molecule has 2 aliphatic rings. The summed E-state index contributed by atoms with van der Waals surface area (Å²) in [4.78, 5) is 4.26. The Bertz CT molecular complexity index is 605. The Morgan fingerprint density at radius 2 is 2.15 bits per heavy atom. The molecule has 0 radical (unpaired) electrons. The first-order valence-electron chi connectivity index (χ1n) is 9.62. The summed E-state index contributed by atoms with van der Waals surface area (Å²) in [5.74, 6) is 0.643. The normalized spacial score (nSPS) is 20.8. The van der Waals surface area contributed by atoms with Crippen LogP contribution in [0.25, 0.3) is 0 Å². The quantitative estimate of drug-likeness (QED) is 0.241. The summed E-state index contributed by atoms with van der Waals surface area (Å²) >= 11 is 0. The van der Waals surface area contributed by atoms with Crippen molar-refractivity contribution in [3.8, 4) is 0 Å². The molecule has 1 heterocycles. The van der Waals surface area contributed by atoms with Crippen LogP contribution in [0.5, 0.6) is 0 Å². The number of hydrogen-bond acceptors (Lipinski definition) is 3. The van der Waals surface area contributed by atoms with Gasteiger partial charge in [-0.3, -0.25) is 4.99 Å². The molecule has 2 N–H and O–H groups in total. The zero-order valence-corrected chi connectivity index (χ0v) is 18.3. The highest BCUT2D eigenvalue weighted by molar-refractivity contribution is 14.0. The van der Waals surface area contributed by atoms with Gasteiger partial charge in [-0.2, -0.15) is 0 Å². The van der Waals surface area contributed by atoms with E-state index in [0.29, 0.717) is 19.8 Å². The number of guanidine groups is 1. The van der Waals surface area contributed by atoms with Crippen LogP contribution >= 0.6 is 24.0 Å². The third-order valence-corrected chi connectivity index (χ3v) is 5.20. The van der Waals surface area contributed by atoms with E-state index in [-0.39, 0.29) is 41.3 Å². The maximum Gasteiger partial charge on any atom is 0.191 e. The second-order valence-electron chi connectivity index (χ2n) is 7.18. The van der Waals surface area contributed by atoms with Crippen molar-refractivity contribution in [1.29, 1.82) is 0 Å². The zero-order valence-electron chi connectivity index (χ0n) is 16.0. The SMILES string of the molecule is CN=C(NCCCOCC1CCCO1)NCC1(c2ccccc2F)CC1.I. The molecule has 5 nitrogen and oxygen atoms in total. The van der Waals surface area contributed by atoms with Crippen LogP contribution in [0.1, 0.15) is 37.7 Å². The lowest BCUT2D eigenvalue weighted by atomic mass is 9.95. The summed E-state index contributed by atoms with van der Waals surface area (Å²) in [5.41, 5.74) is 0.721. The van der Waals surface area contributed by atoms with E-state index >= 15 is 0 Å². The Morgan fingerprint density at radius 3 is 2.81 bits per heavy atom. The number of nitrogens with zero attached hydrogens (tertiary/aromatic N) is 1. The van der Waals surface area contributed by atoms with Gasteiger partial charge in [0.05, 0.1) is 12.7 Å². The van der Waals surface area contributed by atoms with Crippen molar-refractivity contribution in [1.82, 2.24) is 10.6 Å². The number of nitrogens with one attached hydrogen (secondary N) is 2. The van der Waals surface area contributed by atoms with Crippen LogP contribution in [0.4, 0.5) is 4.39 Å². The van der Waals surface area contributed by atoms with E-state index in [2.05, 4.69) is 15.6 Å². The Kier molecular flexibility index (Phi) is 9.25. The van der Waals surface area contributed by atoms with Gasteiger partial charge in [0.1, 0.15) is 5.82 Å². The van der Waals surface area contributed by atoms with Gasteiger partial charge in [-0.1, -0.05) is 18.2 Å². The van der Waals surface area contributed by atoms with E-state index in [4.69, 9.17) is 9.47 Å². The number of aliphatic imine (C=N–C) groups is 1. The van der Waals surface area contributed by atoms with Gasteiger partial charge in [0.25, 0.3) is 0 Å². The number of benzene rings is 1. The average molecular weight is 491 g/mol. The minimum Gasteiger partial charge on any atom is -0.379 e. The van der Waals surface area contributed by atoms with Crippen molar-refractivity contribution >= 4 is 29.9 Å². The third kappa shape index (κ3) is 6.57. The summed E-state index contributed by atoms with van der Waals surface area (Å²) in [5, 5.41) is 6.64. The predicted octanol–water partition coefficient (Wildman–Crippen LogP) is 3.23. The van der Waals surface area contributed by atoms with Gasteiger partial charge in [0, 0.05) is 38.8 Å². The molecule has 1 saturated heterocycles. The monoisotopic (exact) mass is 491 g/mol. The fourth-order valence-corrected chi connectivity index (χ4v) is 3.43. The molecule has 1 aromatic carbocycles. The molecule has 1 saturated carbocycles. The molecule has 0 bridgehead atoms. The Hall–Kier alpha value is -0.930. The summed E-state index contributed by atoms with van der Waals surface area (Å²) in [7, 11) is 1.76. The highest BCUT2D eigenvalue weighted by Gasteiger charge is 2.45. The molecule has 0 amide bonds. The van der Waals surface area contributed by atoms with Crippen LogP contribution < -0.4 is 10.6 Å². The van der Waals surface area contributed by atoms with Crippen molar-refractivity contribution in [3.05, 3.63) is 35.6 Å². The van der Waals surface area contributed by atoms with E-state index in [0.717, 1.165) is 56.8 Å². The van der Waals surface area contributed by atoms with Crippen molar-refractivity contribution in [2.45, 2.75) is 43.6 Å². The second kappa shape index (κ2) is 11.2. The molecule has 152 valence electrons. The van der Waals surface area contributed by atoms with Crippen LogP contribution in [-0.2, 0) is 14.9 Å². The fourth-order valence-electron chi connectivity index (χ4n) is 3.43. The van der Waals surface area contributed by atoms with E-state index in [9.17, 15) is 4.39 Å². The van der Waals surface area contributed by atoms with Crippen molar-refractivity contribution in [3.63, 3.8) is 0 Å². The fraction of sp³-hybridized carbons (Fsp3) is 0.650. The topological polar surface area (TPSA) is 54.9 Å². The van der Waals surface area contributed by atoms with Gasteiger partial charge in [-0.15, -0.1) is 24.0 Å². The molecule has 1 aliphatic carbocycles. The Labute approximate surface area is 178 Å². The smallest absolute Gasteiger partial charge is 0.191 e. The van der Waals surface area contributed by atoms with Gasteiger partial charge < -0.3 is 20.1 Å². The molecule has 1 atom stereocenters. The zero-order chi connectivity index (χ0) is 18.2. The molecule has 7 heteroatoms. The van der Waals surface area contributed by atoms with Crippen LogP contribution in [0.3, 0.4) is 0 Å². The number of ether oxygens (including phenoxy) is 2. The van der Waals surface area contributed by atoms with Crippen LogP contribution in [0.2, 0.25) is 0 Å². The van der Waals surface area contributed by atoms with Gasteiger partial charge in [-0.05, 0) is 43.7 Å². The van der Waals surface area contributed by atoms with Gasteiger partial charge in [-0.25, -0.2) is 4.39 Å². The van der Waals surface area contributed by atoms with Gasteiger partial charge in [0.15, 0.2) is 5.96 Å². The third-order valence-electron chi connectivity index (χ3n) is 5.20. The van der Waals surface area contributed by atoms with Crippen molar-refractivity contribution < 1.29 is 13.9 Å². The van der Waals surface area contributed by atoms with Gasteiger partial charge >= 0.3 is 0 Å². The highest BCUT2D eigenvalue weighted by Crippen LogP contribution is 2.48. The molecule has 1 aliphatic heterocycles. The highest BCUT2D eigenvalue weighted by atomic mass is 127. The summed E-state index contributed by atoms with van der Waals surface area (Å²) in [6, 6.07) is 7.08. The molecular weight excluding hydrogens is 460 g/mol. The first-order valence-corrected chi connectivity index (χ1v) is 9.62. The lowest BCUT2D eigenvalue weighted by molar-refractivity contribution is 0.0168. The van der Waals surface area contributed by atoms with Crippen molar-refractivity contribution in [2.75, 3.05) is 40.0 Å². The number of hydrogen-bond donors (Lipinski definition) is 2. The Balaban J connectivity index is 0.00000261. The van der Waals surface area contributed by atoms with E-state index in [1.807, 2.05) is 12.1 Å². The van der Waals surface area contributed by atoms with E-state index in [1.165, 1.54) is 0 Å². The number of halogens is 2. The molecule has 1 unspecified atom stereocenters. The second-order valence-corrected chi connectivity index (χ2v) is 7.18. The summed E-state index contributed by atoms with van der Waals surface area (Å²) in [6.07, 6.45) is 5.46. The molecule has 2 fully saturated rings.